The van der Waals surface area contributed by atoms with Gasteiger partial charge in [0.25, 0.3) is 0 Å². The zero-order valence-electron chi connectivity index (χ0n) is 8.39. The Balaban J connectivity index is 1.92. The van der Waals surface area contributed by atoms with Gasteiger partial charge in [-0.2, -0.15) is 0 Å². The Hall–Kier alpha value is -0.0800. The summed E-state index contributed by atoms with van der Waals surface area (Å²) < 4.78 is 0. The first-order chi connectivity index (χ1) is 6.35. The van der Waals surface area contributed by atoms with E-state index >= 15 is 0 Å². The third kappa shape index (κ3) is 2.44. The third-order valence-corrected chi connectivity index (χ3v) is 3.45. The Kier molecular flexibility index (Phi) is 2.89. The molecule has 0 aromatic carbocycles. The summed E-state index contributed by atoms with van der Waals surface area (Å²) in [4.78, 5) is 0. The van der Waals surface area contributed by atoms with Crippen molar-refractivity contribution in [3.63, 3.8) is 0 Å². The van der Waals surface area contributed by atoms with E-state index in [1.807, 2.05) is 0 Å². The zero-order valence-corrected chi connectivity index (χ0v) is 8.39. The van der Waals surface area contributed by atoms with Crippen molar-refractivity contribution in [1.29, 1.82) is 0 Å². The summed E-state index contributed by atoms with van der Waals surface area (Å²) in [5.74, 6) is 0. The fourth-order valence-electron chi connectivity index (χ4n) is 2.41. The number of aliphatic hydroxyl groups is 1. The number of hydrogen-bond donors (Lipinski definition) is 2. The van der Waals surface area contributed by atoms with Crippen molar-refractivity contribution >= 4 is 0 Å². The van der Waals surface area contributed by atoms with Gasteiger partial charge in [-0.05, 0) is 25.7 Å². The van der Waals surface area contributed by atoms with Gasteiger partial charge >= 0.3 is 0 Å². The molecular formula is C11H21NO. The molecule has 2 saturated carbocycles. The molecule has 0 saturated heterocycles. The van der Waals surface area contributed by atoms with Crippen LogP contribution in [0.3, 0.4) is 0 Å². The second-order valence-corrected chi connectivity index (χ2v) is 4.77. The summed E-state index contributed by atoms with van der Waals surface area (Å²) in [7, 11) is 0. The van der Waals surface area contributed by atoms with E-state index in [2.05, 4.69) is 5.32 Å². The molecule has 0 heterocycles. The first kappa shape index (κ1) is 9.47. The van der Waals surface area contributed by atoms with E-state index in [1.165, 1.54) is 51.4 Å². The highest BCUT2D eigenvalue weighted by molar-refractivity contribution is 4.95. The summed E-state index contributed by atoms with van der Waals surface area (Å²) >= 11 is 0. The second kappa shape index (κ2) is 3.97. The van der Waals surface area contributed by atoms with Crippen LogP contribution in [0.15, 0.2) is 0 Å². The quantitative estimate of drug-likeness (QED) is 0.654. The van der Waals surface area contributed by atoms with Crippen LogP contribution in [0.5, 0.6) is 0 Å². The lowest BCUT2D eigenvalue weighted by Gasteiger charge is -2.32. The van der Waals surface area contributed by atoms with Crippen molar-refractivity contribution in [3.8, 4) is 0 Å². The van der Waals surface area contributed by atoms with Gasteiger partial charge in [-0.3, -0.25) is 0 Å². The normalized spacial score (nSPS) is 28.4. The SMILES string of the molecule is OCC1(NC2CC2)CCCCCC1. The van der Waals surface area contributed by atoms with Gasteiger partial charge in [-0.15, -0.1) is 0 Å². The average molecular weight is 183 g/mol. The van der Waals surface area contributed by atoms with Crippen LogP contribution in [0.1, 0.15) is 51.4 Å². The Morgan fingerprint density at radius 3 is 2.15 bits per heavy atom. The molecule has 2 rings (SSSR count). The van der Waals surface area contributed by atoms with Crippen molar-refractivity contribution < 1.29 is 5.11 Å². The molecule has 0 aliphatic heterocycles. The molecule has 2 fully saturated rings. The highest BCUT2D eigenvalue weighted by Crippen LogP contribution is 2.31. The summed E-state index contributed by atoms with van der Waals surface area (Å²) in [6, 6.07) is 0.727. The standard InChI is InChI=1S/C11H21NO/c13-9-11(12-10-5-6-10)7-3-1-2-4-8-11/h10,12-13H,1-9H2. The molecule has 76 valence electrons. The molecule has 2 nitrogen and oxygen atoms in total. The molecule has 0 radical (unpaired) electrons. The van der Waals surface area contributed by atoms with Crippen molar-refractivity contribution in [3.05, 3.63) is 0 Å². The predicted octanol–water partition coefficient (Wildman–Crippen LogP) is 1.82. The predicted molar refractivity (Wildman–Crippen MR) is 53.7 cm³/mol. The molecule has 2 heteroatoms. The first-order valence-electron chi connectivity index (χ1n) is 5.73. The molecule has 2 aliphatic carbocycles. The fourth-order valence-corrected chi connectivity index (χ4v) is 2.41. The van der Waals surface area contributed by atoms with E-state index in [1.54, 1.807) is 0 Å². The largest absolute Gasteiger partial charge is 0.394 e. The minimum absolute atomic E-state index is 0.0949. The van der Waals surface area contributed by atoms with Crippen LogP contribution in [0.25, 0.3) is 0 Å². The number of aliphatic hydroxyl groups excluding tert-OH is 1. The van der Waals surface area contributed by atoms with Crippen LogP contribution >= 0.6 is 0 Å². The highest BCUT2D eigenvalue weighted by atomic mass is 16.3. The van der Waals surface area contributed by atoms with E-state index in [9.17, 15) is 5.11 Å². The lowest BCUT2D eigenvalue weighted by molar-refractivity contribution is 0.142. The van der Waals surface area contributed by atoms with E-state index in [0.29, 0.717) is 6.61 Å². The topological polar surface area (TPSA) is 32.3 Å². The van der Waals surface area contributed by atoms with Crippen molar-refractivity contribution in [1.82, 2.24) is 5.32 Å². The molecule has 0 aromatic rings. The third-order valence-electron chi connectivity index (χ3n) is 3.45. The smallest absolute Gasteiger partial charge is 0.0613 e. The van der Waals surface area contributed by atoms with Gasteiger partial charge in [-0.25, -0.2) is 0 Å². The van der Waals surface area contributed by atoms with Crippen molar-refractivity contribution in [2.45, 2.75) is 62.9 Å². The van der Waals surface area contributed by atoms with Gasteiger partial charge in [0.1, 0.15) is 0 Å². The Morgan fingerprint density at radius 1 is 1.08 bits per heavy atom. The lowest BCUT2D eigenvalue weighted by Crippen LogP contribution is -2.49. The maximum atomic E-state index is 9.48. The Labute approximate surface area is 80.7 Å². The molecule has 0 bridgehead atoms. The molecule has 2 N–H and O–H groups in total. The summed E-state index contributed by atoms with van der Waals surface area (Å²) in [5.41, 5.74) is 0.0949. The van der Waals surface area contributed by atoms with E-state index in [0.717, 1.165) is 6.04 Å². The highest BCUT2D eigenvalue weighted by Gasteiger charge is 2.35. The molecule has 0 aromatic heterocycles. The van der Waals surface area contributed by atoms with Crippen LogP contribution in [-0.4, -0.2) is 23.3 Å². The minimum atomic E-state index is 0.0949. The van der Waals surface area contributed by atoms with E-state index in [-0.39, 0.29) is 5.54 Å². The molecule has 0 amide bonds. The van der Waals surface area contributed by atoms with Gasteiger partial charge in [0.2, 0.25) is 0 Å². The fraction of sp³-hybridized carbons (Fsp3) is 1.00. The maximum absolute atomic E-state index is 9.48. The molecule has 2 aliphatic rings. The Bertz CT molecular complexity index is 157. The molecule has 0 unspecified atom stereocenters. The maximum Gasteiger partial charge on any atom is 0.0613 e. The van der Waals surface area contributed by atoms with E-state index in [4.69, 9.17) is 0 Å². The summed E-state index contributed by atoms with van der Waals surface area (Å²) in [5, 5.41) is 13.1. The average Bonchev–Trinajstić information content (AvgIpc) is 2.94. The van der Waals surface area contributed by atoms with Gasteiger partial charge in [-0.1, -0.05) is 25.7 Å². The Morgan fingerprint density at radius 2 is 1.69 bits per heavy atom. The molecule has 13 heavy (non-hydrogen) atoms. The van der Waals surface area contributed by atoms with Crippen LogP contribution in [0, 0.1) is 0 Å². The number of hydrogen-bond acceptors (Lipinski definition) is 2. The summed E-state index contributed by atoms with van der Waals surface area (Å²) in [6.45, 7) is 0.337. The van der Waals surface area contributed by atoms with Crippen LogP contribution in [-0.2, 0) is 0 Å². The van der Waals surface area contributed by atoms with Crippen LogP contribution < -0.4 is 5.32 Å². The lowest BCUT2D eigenvalue weighted by atomic mass is 9.91. The van der Waals surface area contributed by atoms with Crippen molar-refractivity contribution in [2.24, 2.45) is 0 Å². The summed E-state index contributed by atoms with van der Waals surface area (Å²) in [6.07, 6.45) is 10.3. The molecule has 0 spiro atoms. The van der Waals surface area contributed by atoms with Crippen LogP contribution in [0.4, 0.5) is 0 Å². The number of rotatable bonds is 3. The minimum Gasteiger partial charge on any atom is -0.394 e. The van der Waals surface area contributed by atoms with Crippen molar-refractivity contribution in [2.75, 3.05) is 6.61 Å². The van der Waals surface area contributed by atoms with E-state index < -0.39 is 0 Å². The van der Waals surface area contributed by atoms with Gasteiger partial charge in [0, 0.05) is 11.6 Å². The zero-order chi connectivity index (χ0) is 9.15. The van der Waals surface area contributed by atoms with Gasteiger partial charge in [0.05, 0.1) is 6.61 Å². The second-order valence-electron chi connectivity index (χ2n) is 4.77. The number of nitrogens with one attached hydrogen (secondary N) is 1. The monoisotopic (exact) mass is 183 g/mol. The molecular weight excluding hydrogens is 162 g/mol. The first-order valence-corrected chi connectivity index (χ1v) is 5.73. The van der Waals surface area contributed by atoms with Gasteiger partial charge < -0.3 is 10.4 Å². The molecule has 0 atom stereocenters. The van der Waals surface area contributed by atoms with Crippen LogP contribution in [0.2, 0.25) is 0 Å². The van der Waals surface area contributed by atoms with Gasteiger partial charge in [0.15, 0.2) is 0 Å².